The number of nitrogens with two attached hydrogens (primary N) is 1. The third-order valence-electron chi connectivity index (χ3n) is 2.65. The first-order valence-corrected chi connectivity index (χ1v) is 7.46. The molecule has 0 spiro atoms. The Hall–Kier alpha value is -0.620. The molecule has 1 aliphatic heterocycles. The monoisotopic (exact) mass is 248 g/mol. The van der Waals surface area contributed by atoms with Gasteiger partial charge in [0.25, 0.3) is 0 Å². The van der Waals surface area contributed by atoms with E-state index in [0.717, 1.165) is 6.42 Å². The molecule has 5 nitrogen and oxygen atoms in total. The van der Waals surface area contributed by atoms with Crippen LogP contribution in [0.4, 0.5) is 0 Å². The van der Waals surface area contributed by atoms with Crippen molar-refractivity contribution in [1.29, 1.82) is 0 Å². The van der Waals surface area contributed by atoms with Crippen LogP contribution in [0.3, 0.4) is 0 Å². The van der Waals surface area contributed by atoms with Gasteiger partial charge in [-0.05, 0) is 26.2 Å². The molecule has 6 heteroatoms. The predicted octanol–water partition coefficient (Wildman–Crippen LogP) is -0.193. The van der Waals surface area contributed by atoms with E-state index in [1.54, 1.807) is 0 Å². The Morgan fingerprint density at radius 3 is 2.81 bits per heavy atom. The zero-order chi connectivity index (χ0) is 12.2. The van der Waals surface area contributed by atoms with Crippen LogP contribution in [0.15, 0.2) is 0 Å². The first kappa shape index (κ1) is 13.4. The zero-order valence-corrected chi connectivity index (χ0v) is 10.4. The van der Waals surface area contributed by atoms with Gasteiger partial charge >= 0.3 is 0 Å². The van der Waals surface area contributed by atoms with Gasteiger partial charge in [-0.2, -0.15) is 0 Å². The summed E-state index contributed by atoms with van der Waals surface area (Å²) in [6, 6.07) is -0.208. The Balaban J connectivity index is 2.34. The molecular weight excluding hydrogens is 228 g/mol. The maximum atomic E-state index is 11.5. The van der Waals surface area contributed by atoms with Crippen molar-refractivity contribution in [3.8, 4) is 0 Å². The average Bonchev–Trinajstić information content (AvgIpc) is 2.13. The van der Waals surface area contributed by atoms with Gasteiger partial charge in [0.05, 0.1) is 11.5 Å². The third-order valence-corrected chi connectivity index (χ3v) is 4.48. The fourth-order valence-corrected chi connectivity index (χ4v) is 3.43. The summed E-state index contributed by atoms with van der Waals surface area (Å²) in [5, 5.41) is 2.76. The van der Waals surface area contributed by atoms with Gasteiger partial charge in [-0.1, -0.05) is 0 Å². The van der Waals surface area contributed by atoms with Crippen molar-refractivity contribution in [3.05, 3.63) is 0 Å². The van der Waals surface area contributed by atoms with Crippen LogP contribution in [0.25, 0.3) is 0 Å². The molecule has 1 rings (SSSR count). The maximum Gasteiger partial charge on any atom is 0.220 e. The van der Waals surface area contributed by atoms with Crippen LogP contribution in [0, 0.1) is 0 Å². The lowest BCUT2D eigenvalue weighted by molar-refractivity contribution is -0.121. The van der Waals surface area contributed by atoms with E-state index in [0.29, 0.717) is 19.3 Å². The first-order chi connectivity index (χ1) is 7.39. The predicted molar refractivity (Wildman–Crippen MR) is 62.7 cm³/mol. The number of hydrogen-bond acceptors (Lipinski definition) is 4. The number of rotatable bonds is 4. The quantitative estimate of drug-likeness (QED) is 0.721. The lowest BCUT2D eigenvalue weighted by atomic mass is 10.1. The van der Waals surface area contributed by atoms with Crippen molar-refractivity contribution in [2.45, 2.75) is 44.7 Å². The molecule has 0 saturated carbocycles. The minimum atomic E-state index is -2.95. The Morgan fingerprint density at radius 2 is 2.25 bits per heavy atom. The molecule has 0 aromatic rings. The molecule has 0 bridgehead atoms. The maximum absolute atomic E-state index is 11.5. The second-order valence-corrected chi connectivity index (χ2v) is 6.77. The molecule has 1 heterocycles. The van der Waals surface area contributed by atoms with E-state index in [2.05, 4.69) is 5.32 Å². The van der Waals surface area contributed by atoms with Crippen LogP contribution in [0.1, 0.15) is 32.6 Å². The van der Waals surface area contributed by atoms with E-state index in [-0.39, 0.29) is 29.5 Å². The third kappa shape index (κ3) is 4.94. The van der Waals surface area contributed by atoms with Crippen molar-refractivity contribution < 1.29 is 13.2 Å². The summed E-state index contributed by atoms with van der Waals surface area (Å²) in [6.45, 7) is 1.85. The number of sulfone groups is 1. The second kappa shape index (κ2) is 5.63. The van der Waals surface area contributed by atoms with Crippen LogP contribution in [-0.4, -0.2) is 37.9 Å². The summed E-state index contributed by atoms with van der Waals surface area (Å²) in [6.07, 6.45) is 2.39. The largest absolute Gasteiger partial charge is 0.352 e. The summed E-state index contributed by atoms with van der Waals surface area (Å²) < 4.78 is 22.7. The highest BCUT2D eigenvalue weighted by molar-refractivity contribution is 7.91. The van der Waals surface area contributed by atoms with Crippen molar-refractivity contribution in [1.82, 2.24) is 5.32 Å². The highest BCUT2D eigenvalue weighted by Gasteiger charge is 2.25. The molecule has 1 saturated heterocycles. The SMILES string of the molecule is CC(N)CCC(=O)NC1CCCS(=O)(=O)C1. The van der Waals surface area contributed by atoms with E-state index < -0.39 is 9.84 Å². The minimum absolute atomic E-state index is 0.000776. The van der Waals surface area contributed by atoms with Crippen molar-refractivity contribution in [2.24, 2.45) is 5.73 Å². The van der Waals surface area contributed by atoms with Crippen molar-refractivity contribution in [3.63, 3.8) is 0 Å². The molecule has 0 radical (unpaired) electrons. The van der Waals surface area contributed by atoms with E-state index >= 15 is 0 Å². The van der Waals surface area contributed by atoms with Gasteiger partial charge < -0.3 is 11.1 Å². The molecule has 2 atom stereocenters. The number of carbonyl (C=O) groups excluding carboxylic acids is 1. The normalized spacial score (nSPS) is 26.0. The van der Waals surface area contributed by atoms with Gasteiger partial charge in [-0.3, -0.25) is 4.79 Å². The number of hydrogen-bond donors (Lipinski definition) is 2. The van der Waals surface area contributed by atoms with E-state index in [1.807, 2.05) is 6.92 Å². The number of carbonyl (C=O) groups is 1. The summed E-state index contributed by atoms with van der Waals surface area (Å²) in [4.78, 5) is 11.5. The van der Waals surface area contributed by atoms with Crippen LogP contribution >= 0.6 is 0 Å². The number of nitrogens with one attached hydrogen (secondary N) is 1. The lowest BCUT2D eigenvalue weighted by Gasteiger charge is -2.23. The van der Waals surface area contributed by atoms with Crippen LogP contribution < -0.4 is 11.1 Å². The first-order valence-electron chi connectivity index (χ1n) is 5.64. The molecule has 2 unspecified atom stereocenters. The molecular formula is C10H20N2O3S. The molecule has 3 N–H and O–H groups in total. The van der Waals surface area contributed by atoms with Crippen molar-refractivity contribution in [2.75, 3.05) is 11.5 Å². The van der Waals surface area contributed by atoms with E-state index in [1.165, 1.54) is 0 Å². The highest BCUT2D eigenvalue weighted by Crippen LogP contribution is 2.12. The minimum Gasteiger partial charge on any atom is -0.352 e. The highest BCUT2D eigenvalue weighted by atomic mass is 32.2. The second-order valence-electron chi connectivity index (χ2n) is 4.54. The topological polar surface area (TPSA) is 89.3 Å². The van der Waals surface area contributed by atoms with Gasteiger partial charge in [0.1, 0.15) is 0 Å². The molecule has 0 aromatic heterocycles. The Bertz CT molecular complexity index is 338. The molecule has 94 valence electrons. The molecule has 1 aliphatic rings. The van der Waals surface area contributed by atoms with Gasteiger partial charge in [-0.25, -0.2) is 8.42 Å². The Labute approximate surface area is 96.7 Å². The molecule has 0 aromatic carbocycles. The molecule has 0 aliphatic carbocycles. The smallest absolute Gasteiger partial charge is 0.220 e. The van der Waals surface area contributed by atoms with Gasteiger partial charge in [0.2, 0.25) is 5.91 Å². The average molecular weight is 248 g/mol. The van der Waals surface area contributed by atoms with Crippen LogP contribution in [0.5, 0.6) is 0 Å². The number of amides is 1. The molecule has 16 heavy (non-hydrogen) atoms. The van der Waals surface area contributed by atoms with Gasteiger partial charge in [0.15, 0.2) is 9.84 Å². The summed E-state index contributed by atoms with van der Waals surface area (Å²) >= 11 is 0. The summed E-state index contributed by atoms with van der Waals surface area (Å²) in [7, 11) is -2.95. The Kier molecular flexibility index (Phi) is 4.73. The molecule has 1 fully saturated rings. The van der Waals surface area contributed by atoms with Crippen LogP contribution in [-0.2, 0) is 14.6 Å². The van der Waals surface area contributed by atoms with Crippen molar-refractivity contribution >= 4 is 15.7 Å². The fraction of sp³-hybridized carbons (Fsp3) is 0.900. The summed E-state index contributed by atoms with van der Waals surface area (Å²) in [5.74, 6) is 0.232. The molecule has 1 amide bonds. The van der Waals surface area contributed by atoms with Crippen LogP contribution in [0.2, 0.25) is 0 Å². The van der Waals surface area contributed by atoms with Gasteiger partial charge in [-0.15, -0.1) is 0 Å². The van der Waals surface area contributed by atoms with Gasteiger partial charge in [0, 0.05) is 18.5 Å². The standard InChI is InChI=1S/C10H20N2O3S/c1-8(11)4-5-10(13)12-9-3-2-6-16(14,15)7-9/h8-9H,2-7,11H2,1H3,(H,12,13). The summed E-state index contributed by atoms with van der Waals surface area (Å²) in [5.41, 5.74) is 5.54. The Morgan fingerprint density at radius 1 is 1.56 bits per heavy atom. The fourth-order valence-electron chi connectivity index (χ4n) is 1.80. The zero-order valence-electron chi connectivity index (χ0n) is 9.61. The van der Waals surface area contributed by atoms with E-state index in [9.17, 15) is 13.2 Å². The lowest BCUT2D eigenvalue weighted by Crippen LogP contribution is -2.43. The van der Waals surface area contributed by atoms with E-state index in [4.69, 9.17) is 5.73 Å².